The third-order valence-electron chi connectivity index (χ3n) is 3.24. The van der Waals surface area contributed by atoms with Gasteiger partial charge in [0.15, 0.2) is 0 Å². The van der Waals surface area contributed by atoms with Gasteiger partial charge in [0.05, 0.1) is 11.4 Å². The molecule has 2 rings (SSSR count). The van der Waals surface area contributed by atoms with Crippen molar-refractivity contribution < 1.29 is 17.6 Å². The monoisotopic (exact) mass is 359 g/mol. The Morgan fingerprint density at radius 3 is 2.70 bits per heavy atom. The lowest BCUT2D eigenvalue weighted by molar-refractivity contribution is -0.116. The van der Waals surface area contributed by atoms with Gasteiger partial charge in [0.2, 0.25) is 5.91 Å². The Kier molecular flexibility index (Phi) is 5.06. The molecule has 1 aliphatic heterocycles. The van der Waals surface area contributed by atoms with Gasteiger partial charge in [-0.05, 0) is 44.0 Å². The first kappa shape index (κ1) is 17.4. The van der Waals surface area contributed by atoms with E-state index in [2.05, 4.69) is 14.4 Å². The molecule has 0 spiro atoms. The maximum atomic E-state index is 13.6. The molecule has 0 saturated carbocycles. The van der Waals surface area contributed by atoms with Crippen molar-refractivity contribution in [2.75, 3.05) is 5.32 Å². The van der Waals surface area contributed by atoms with Gasteiger partial charge < -0.3 is 5.32 Å². The summed E-state index contributed by atoms with van der Waals surface area (Å²) in [6.07, 6.45) is 0.341. The minimum absolute atomic E-state index is 0.0415. The average molecular weight is 360 g/mol. The Morgan fingerprint density at radius 2 is 2.09 bits per heavy atom. The smallest absolute Gasteiger partial charge is 0.324 e. The maximum absolute atomic E-state index is 13.6. The lowest BCUT2D eigenvalue weighted by Crippen LogP contribution is -2.28. The van der Waals surface area contributed by atoms with E-state index in [-0.39, 0.29) is 23.6 Å². The van der Waals surface area contributed by atoms with Crippen LogP contribution in [0.5, 0.6) is 0 Å². The summed E-state index contributed by atoms with van der Waals surface area (Å²) >= 11 is 5.64. The van der Waals surface area contributed by atoms with E-state index in [4.69, 9.17) is 11.6 Å². The number of carbonyl (C=O) groups is 1. The first-order valence-electron chi connectivity index (χ1n) is 6.72. The number of rotatable bonds is 4. The van der Waals surface area contributed by atoms with Gasteiger partial charge in [-0.25, -0.2) is 4.39 Å². The summed E-state index contributed by atoms with van der Waals surface area (Å²) in [6, 6.07) is 3.96. The predicted molar refractivity (Wildman–Crippen MR) is 87.1 cm³/mol. The van der Waals surface area contributed by atoms with E-state index in [0.29, 0.717) is 17.0 Å². The van der Waals surface area contributed by atoms with Crippen molar-refractivity contribution in [1.29, 1.82) is 0 Å². The van der Waals surface area contributed by atoms with Crippen molar-refractivity contribution in [2.45, 2.75) is 26.7 Å². The van der Waals surface area contributed by atoms with Crippen molar-refractivity contribution in [3.05, 3.63) is 40.3 Å². The molecule has 23 heavy (non-hydrogen) atoms. The SMILES string of the molecule is CC1=NS(=O)(=O)NC(C)=C1CCC(=O)Nc1ccc(Cl)cc1F. The molecule has 6 nitrogen and oxygen atoms in total. The van der Waals surface area contributed by atoms with Crippen LogP contribution in [-0.2, 0) is 15.0 Å². The quantitative estimate of drug-likeness (QED) is 0.866. The molecule has 1 aromatic rings. The Hall–Kier alpha value is -1.93. The third kappa shape index (κ3) is 4.52. The van der Waals surface area contributed by atoms with Crippen LogP contribution >= 0.6 is 11.6 Å². The minimum atomic E-state index is -3.69. The zero-order valence-corrected chi connectivity index (χ0v) is 14.1. The number of carbonyl (C=O) groups excluding carboxylic acids is 1. The van der Waals surface area contributed by atoms with Gasteiger partial charge in [-0.3, -0.25) is 9.52 Å². The number of hydrogen-bond acceptors (Lipinski definition) is 3. The Morgan fingerprint density at radius 1 is 1.39 bits per heavy atom. The summed E-state index contributed by atoms with van der Waals surface area (Å²) < 4.78 is 42.2. The number of anilines is 1. The molecule has 2 N–H and O–H groups in total. The van der Waals surface area contributed by atoms with Crippen LogP contribution in [0.1, 0.15) is 26.7 Å². The first-order valence-corrected chi connectivity index (χ1v) is 8.54. The Balaban J connectivity index is 2.01. The zero-order valence-electron chi connectivity index (χ0n) is 12.5. The van der Waals surface area contributed by atoms with E-state index >= 15 is 0 Å². The van der Waals surface area contributed by atoms with Gasteiger partial charge in [-0.2, -0.15) is 8.42 Å². The topological polar surface area (TPSA) is 87.6 Å². The standard InChI is InChI=1S/C14H15ClFN3O3S/c1-8-11(9(2)19-23(21,22)18-8)4-6-14(20)17-13-5-3-10(15)7-12(13)16/h3,5,7,18H,4,6H2,1-2H3,(H,17,20). The zero-order chi connectivity index (χ0) is 17.2. The van der Waals surface area contributed by atoms with Crippen molar-refractivity contribution in [3.8, 4) is 0 Å². The second-order valence-corrected chi connectivity index (χ2v) is 6.80. The normalized spacial score (nSPS) is 16.6. The van der Waals surface area contributed by atoms with Crippen molar-refractivity contribution in [1.82, 2.24) is 4.72 Å². The number of nitrogens with zero attached hydrogens (tertiary/aromatic N) is 1. The van der Waals surface area contributed by atoms with Crippen LogP contribution in [0, 0.1) is 5.82 Å². The number of benzene rings is 1. The lowest BCUT2D eigenvalue weighted by atomic mass is 10.0. The Bertz CT molecular complexity index is 819. The molecule has 0 aliphatic carbocycles. The van der Waals surface area contributed by atoms with Crippen LogP contribution < -0.4 is 10.0 Å². The molecule has 1 aliphatic rings. The minimum Gasteiger partial charge on any atom is -0.324 e. The summed E-state index contributed by atoms with van der Waals surface area (Å²) in [5, 5.41) is 2.69. The van der Waals surface area contributed by atoms with Crippen LogP contribution in [0.3, 0.4) is 0 Å². The fraction of sp³-hybridized carbons (Fsp3) is 0.286. The van der Waals surface area contributed by atoms with Crippen LogP contribution in [0.4, 0.5) is 10.1 Å². The molecule has 1 amide bonds. The number of nitrogens with one attached hydrogen (secondary N) is 2. The molecule has 0 unspecified atom stereocenters. The van der Waals surface area contributed by atoms with E-state index in [1.807, 2.05) is 0 Å². The summed E-state index contributed by atoms with van der Waals surface area (Å²) in [7, 11) is -3.69. The van der Waals surface area contributed by atoms with Gasteiger partial charge in [-0.15, -0.1) is 4.40 Å². The number of halogens is 2. The maximum Gasteiger partial charge on any atom is 0.342 e. The molecule has 0 saturated heterocycles. The average Bonchev–Trinajstić information content (AvgIpc) is 2.39. The molecule has 0 atom stereocenters. The van der Waals surface area contributed by atoms with Crippen molar-refractivity contribution in [2.24, 2.45) is 4.40 Å². The van der Waals surface area contributed by atoms with Crippen LogP contribution in [0.15, 0.2) is 33.9 Å². The molecular formula is C14H15ClFN3O3S. The van der Waals surface area contributed by atoms with Crippen LogP contribution in [-0.4, -0.2) is 20.0 Å². The van der Waals surface area contributed by atoms with E-state index in [9.17, 15) is 17.6 Å². The second-order valence-electron chi connectivity index (χ2n) is 5.03. The Labute approximate surface area is 138 Å². The molecular weight excluding hydrogens is 345 g/mol. The molecule has 1 aromatic carbocycles. The number of hydrogen-bond donors (Lipinski definition) is 2. The highest BCUT2D eigenvalue weighted by Gasteiger charge is 2.20. The molecule has 0 aromatic heterocycles. The molecule has 0 radical (unpaired) electrons. The largest absolute Gasteiger partial charge is 0.342 e. The summed E-state index contributed by atoms with van der Waals surface area (Å²) in [4.78, 5) is 11.9. The van der Waals surface area contributed by atoms with Crippen LogP contribution in [0.2, 0.25) is 5.02 Å². The van der Waals surface area contributed by atoms with Crippen molar-refractivity contribution in [3.63, 3.8) is 0 Å². The predicted octanol–water partition coefficient (Wildman–Crippen LogP) is 2.78. The fourth-order valence-corrected chi connectivity index (χ4v) is 3.38. The van der Waals surface area contributed by atoms with E-state index < -0.39 is 21.9 Å². The molecule has 1 heterocycles. The van der Waals surface area contributed by atoms with Gasteiger partial charge >= 0.3 is 10.2 Å². The highest BCUT2D eigenvalue weighted by molar-refractivity contribution is 7.88. The summed E-state index contributed by atoms with van der Waals surface area (Å²) in [5.74, 6) is -1.02. The second kappa shape index (κ2) is 6.67. The lowest BCUT2D eigenvalue weighted by Gasteiger charge is -2.17. The summed E-state index contributed by atoms with van der Waals surface area (Å²) in [6.45, 7) is 3.16. The van der Waals surface area contributed by atoms with Crippen molar-refractivity contribution >= 4 is 39.1 Å². The van der Waals surface area contributed by atoms with Gasteiger partial charge in [0, 0.05) is 17.1 Å². The van der Waals surface area contributed by atoms with E-state index in [0.717, 1.165) is 6.07 Å². The van der Waals surface area contributed by atoms with Gasteiger partial charge in [-0.1, -0.05) is 11.6 Å². The van der Waals surface area contributed by atoms with E-state index in [1.165, 1.54) is 12.1 Å². The highest BCUT2D eigenvalue weighted by Crippen LogP contribution is 2.21. The molecule has 0 bridgehead atoms. The van der Waals surface area contributed by atoms with Crippen LogP contribution in [0.25, 0.3) is 0 Å². The molecule has 9 heteroatoms. The van der Waals surface area contributed by atoms with Gasteiger partial charge in [0.25, 0.3) is 0 Å². The van der Waals surface area contributed by atoms with E-state index in [1.54, 1.807) is 13.8 Å². The first-order chi connectivity index (χ1) is 10.7. The molecule has 124 valence electrons. The third-order valence-corrected chi connectivity index (χ3v) is 4.55. The summed E-state index contributed by atoms with van der Waals surface area (Å²) in [5.41, 5.74) is 1.46. The highest BCUT2D eigenvalue weighted by atomic mass is 35.5. The van der Waals surface area contributed by atoms with Gasteiger partial charge in [0.1, 0.15) is 5.82 Å². The molecule has 0 fully saturated rings. The number of amides is 1. The number of allylic oxidation sites excluding steroid dienone is 2. The fourth-order valence-electron chi connectivity index (χ4n) is 2.20.